The van der Waals surface area contributed by atoms with E-state index in [2.05, 4.69) is 6.92 Å². The maximum absolute atomic E-state index is 12.9. The fourth-order valence-electron chi connectivity index (χ4n) is 1.39. The monoisotopic (exact) mass is 195 g/mol. The number of halogens is 1. The van der Waals surface area contributed by atoms with Gasteiger partial charge in [0.1, 0.15) is 0 Å². The first kappa shape index (κ1) is 11.0. The number of aromatic hydroxyl groups is 1. The molecule has 0 amide bonds. The number of unbranched alkanes of at least 4 members (excludes halogenated alkanes) is 3. The molecule has 2 heteroatoms. The lowest BCUT2D eigenvalue weighted by Gasteiger charge is -2.02. The van der Waals surface area contributed by atoms with Crippen LogP contribution in [0, 0.1) is 12.7 Å². The Morgan fingerprint density at radius 2 is 2.00 bits per heavy atom. The van der Waals surface area contributed by atoms with Crippen molar-refractivity contribution in [1.29, 1.82) is 0 Å². The van der Waals surface area contributed by atoms with E-state index < -0.39 is 5.82 Å². The molecule has 0 aromatic heterocycles. The Hall–Kier alpha value is -1.05. The lowest BCUT2D eigenvalue weighted by molar-refractivity contribution is 0.431. The maximum atomic E-state index is 12.9. The fraction of sp³-hybridized carbons (Fsp3) is 0.417. The van der Waals surface area contributed by atoms with Gasteiger partial charge in [-0.1, -0.05) is 32.3 Å². The Labute approximate surface area is 84.6 Å². The van der Waals surface area contributed by atoms with Crippen molar-refractivity contribution in [3.63, 3.8) is 0 Å². The number of benzene rings is 1. The van der Waals surface area contributed by atoms with Crippen molar-refractivity contribution >= 4 is 0 Å². The SMILES string of the molecule is [CH2]CCCCCc1ccc(O)c(F)c1. The average molecular weight is 195 g/mol. The van der Waals surface area contributed by atoms with Gasteiger partial charge in [-0.3, -0.25) is 0 Å². The minimum absolute atomic E-state index is 0.272. The first-order chi connectivity index (χ1) is 6.74. The van der Waals surface area contributed by atoms with Crippen LogP contribution in [0.1, 0.15) is 31.2 Å². The number of phenolic OH excluding ortho intramolecular Hbond substituents is 1. The summed E-state index contributed by atoms with van der Waals surface area (Å²) in [7, 11) is 0. The van der Waals surface area contributed by atoms with Crippen LogP contribution in [0.25, 0.3) is 0 Å². The third kappa shape index (κ3) is 3.36. The van der Waals surface area contributed by atoms with Gasteiger partial charge in [0.05, 0.1) is 0 Å². The molecule has 14 heavy (non-hydrogen) atoms. The van der Waals surface area contributed by atoms with Crippen molar-refractivity contribution < 1.29 is 9.50 Å². The quantitative estimate of drug-likeness (QED) is 0.713. The first-order valence-electron chi connectivity index (χ1n) is 5.00. The topological polar surface area (TPSA) is 20.2 Å². The molecule has 1 rings (SSSR count). The predicted octanol–water partition coefficient (Wildman–Crippen LogP) is 3.47. The van der Waals surface area contributed by atoms with Gasteiger partial charge in [-0.2, -0.15) is 0 Å². The van der Waals surface area contributed by atoms with E-state index >= 15 is 0 Å². The van der Waals surface area contributed by atoms with E-state index in [-0.39, 0.29) is 5.75 Å². The first-order valence-corrected chi connectivity index (χ1v) is 5.00. The van der Waals surface area contributed by atoms with Gasteiger partial charge >= 0.3 is 0 Å². The zero-order valence-electron chi connectivity index (χ0n) is 8.30. The molecule has 0 saturated carbocycles. The largest absolute Gasteiger partial charge is 0.505 e. The van der Waals surface area contributed by atoms with E-state index in [0.717, 1.165) is 37.7 Å². The van der Waals surface area contributed by atoms with Gasteiger partial charge in [-0.15, -0.1) is 0 Å². The Kier molecular flexibility index (Phi) is 4.44. The van der Waals surface area contributed by atoms with E-state index in [0.29, 0.717) is 0 Å². The Balaban J connectivity index is 2.39. The number of phenols is 1. The predicted molar refractivity (Wildman–Crippen MR) is 55.6 cm³/mol. The zero-order chi connectivity index (χ0) is 10.4. The molecule has 0 atom stereocenters. The van der Waals surface area contributed by atoms with Gasteiger partial charge < -0.3 is 5.11 Å². The normalized spacial score (nSPS) is 10.4. The van der Waals surface area contributed by atoms with Gasteiger partial charge in [0.25, 0.3) is 0 Å². The van der Waals surface area contributed by atoms with Crippen LogP contribution in [-0.4, -0.2) is 5.11 Å². The summed E-state index contributed by atoms with van der Waals surface area (Å²) in [5, 5.41) is 8.97. The fourth-order valence-corrected chi connectivity index (χ4v) is 1.39. The summed E-state index contributed by atoms with van der Waals surface area (Å²) < 4.78 is 12.9. The second-order valence-corrected chi connectivity index (χ2v) is 3.45. The standard InChI is InChI=1S/C12H16FO/c1-2-3-4-5-6-10-7-8-12(14)11(13)9-10/h7-9,14H,1-6H2. The summed E-state index contributed by atoms with van der Waals surface area (Å²) in [5.41, 5.74) is 0.948. The molecule has 0 unspecified atom stereocenters. The van der Waals surface area contributed by atoms with E-state index in [1.807, 2.05) is 0 Å². The summed E-state index contributed by atoms with van der Waals surface area (Å²) in [6.07, 6.45) is 5.15. The molecule has 0 heterocycles. The van der Waals surface area contributed by atoms with Gasteiger partial charge in [0.15, 0.2) is 11.6 Å². The highest BCUT2D eigenvalue weighted by Gasteiger charge is 2.00. The van der Waals surface area contributed by atoms with Crippen molar-refractivity contribution in [2.24, 2.45) is 0 Å². The van der Waals surface area contributed by atoms with Crippen LogP contribution in [0.2, 0.25) is 0 Å². The second kappa shape index (κ2) is 5.63. The summed E-state index contributed by atoms with van der Waals surface area (Å²) >= 11 is 0. The molecule has 0 aliphatic carbocycles. The Bertz CT molecular complexity index is 284. The average Bonchev–Trinajstić information content (AvgIpc) is 2.18. The van der Waals surface area contributed by atoms with Crippen molar-refractivity contribution in [2.45, 2.75) is 32.1 Å². The molecule has 0 aliphatic heterocycles. The van der Waals surface area contributed by atoms with Crippen LogP contribution in [-0.2, 0) is 6.42 Å². The van der Waals surface area contributed by atoms with Crippen LogP contribution in [0.5, 0.6) is 5.75 Å². The van der Waals surface area contributed by atoms with Crippen LogP contribution in [0.4, 0.5) is 4.39 Å². The van der Waals surface area contributed by atoms with Gasteiger partial charge in [-0.05, 0) is 30.5 Å². The summed E-state index contributed by atoms with van der Waals surface area (Å²) in [6.45, 7) is 3.76. The molecule has 1 aromatic carbocycles. The van der Waals surface area contributed by atoms with Crippen molar-refractivity contribution in [1.82, 2.24) is 0 Å². The molecule has 0 bridgehead atoms. The minimum Gasteiger partial charge on any atom is -0.505 e. The number of hydrogen-bond acceptors (Lipinski definition) is 1. The van der Waals surface area contributed by atoms with Crippen molar-refractivity contribution in [2.75, 3.05) is 0 Å². The van der Waals surface area contributed by atoms with E-state index in [9.17, 15) is 4.39 Å². The lowest BCUT2D eigenvalue weighted by Crippen LogP contribution is -1.87. The summed E-state index contributed by atoms with van der Waals surface area (Å²) in [6, 6.07) is 4.58. The molecule has 1 N–H and O–H groups in total. The van der Waals surface area contributed by atoms with Crippen molar-refractivity contribution in [3.8, 4) is 5.75 Å². The summed E-state index contributed by atoms with van der Waals surface area (Å²) in [5.74, 6) is -0.800. The number of hydrogen-bond donors (Lipinski definition) is 1. The molecular weight excluding hydrogens is 179 g/mol. The van der Waals surface area contributed by atoms with Crippen LogP contribution in [0.15, 0.2) is 18.2 Å². The van der Waals surface area contributed by atoms with Crippen molar-refractivity contribution in [3.05, 3.63) is 36.5 Å². The molecule has 1 nitrogen and oxygen atoms in total. The molecule has 77 valence electrons. The molecular formula is C12H16FO. The number of aryl methyl sites for hydroxylation is 1. The maximum Gasteiger partial charge on any atom is 0.165 e. The third-order valence-electron chi connectivity index (χ3n) is 2.23. The van der Waals surface area contributed by atoms with E-state index in [4.69, 9.17) is 5.11 Å². The Morgan fingerprint density at radius 3 is 2.64 bits per heavy atom. The van der Waals surface area contributed by atoms with Crippen LogP contribution in [0.3, 0.4) is 0 Å². The van der Waals surface area contributed by atoms with Gasteiger partial charge in [0, 0.05) is 0 Å². The molecule has 0 saturated heterocycles. The van der Waals surface area contributed by atoms with Gasteiger partial charge in [-0.25, -0.2) is 4.39 Å². The third-order valence-corrected chi connectivity index (χ3v) is 2.23. The van der Waals surface area contributed by atoms with Gasteiger partial charge in [0.2, 0.25) is 0 Å². The highest BCUT2D eigenvalue weighted by atomic mass is 19.1. The smallest absolute Gasteiger partial charge is 0.165 e. The second-order valence-electron chi connectivity index (χ2n) is 3.45. The molecule has 0 aliphatic rings. The van der Waals surface area contributed by atoms with E-state index in [1.54, 1.807) is 6.07 Å². The lowest BCUT2D eigenvalue weighted by atomic mass is 10.1. The van der Waals surface area contributed by atoms with Crippen LogP contribution >= 0.6 is 0 Å². The molecule has 0 fully saturated rings. The van der Waals surface area contributed by atoms with Crippen LogP contribution < -0.4 is 0 Å². The van der Waals surface area contributed by atoms with E-state index in [1.165, 1.54) is 12.1 Å². The Morgan fingerprint density at radius 1 is 1.21 bits per heavy atom. The molecule has 1 aromatic rings. The molecule has 1 radical (unpaired) electrons. The highest BCUT2D eigenvalue weighted by Crippen LogP contribution is 2.17. The minimum atomic E-state index is -0.528. The molecule has 0 spiro atoms. The number of rotatable bonds is 5. The summed E-state index contributed by atoms with van der Waals surface area (Å²) in [4.78, 5) is 0. The highest BCUT2D eigenvalue weighted by molar-refractivity contribution is 5.27. The zero-order valence-corrected chi connectivity index (χ0v) is 8.30.